The smallest absolute Gasteiger partial charge is 0.338 e. The summed E-state index contributed by atoms with van der Waals surface area (Å²) in [6, 6.07) is 19.0. The SMILES string of the molecule is O=Cc1ccc(OCCOC(=O)c2ccc(C(=O)OCCOc3ccc(C=O)cc3)cc2)cc1. The van der Waals surface area contributed by atoms with Crippen molar-refractivity contribution in [2.45, 2.75) is 0 Å². The number of benzene rings is 3. The molecule has 0 fully saturated rings. The average molecular weight is 462 g/mol. The summed E-state index contributed by atoms with van der Waals surface area (Å²) in [5.74, 6) is 0.0269. The molecule has 0 heterocycles. The van der Waals surface area contributed by atoms with E-state index in [1.807, 2.05) is 0 Å². The van der Waals surface area contributed by atoms with Gasteiger partial charge in [0.2, 0.25) is 0 Å². The Morgan fingerprint density at radius 3 is 1.21 bits per heavy atom. The second-order valence-corrected chi connectivity index (χ2v) is 6.92. The van der Waals surface area contributed by atoms with E-state index in [9.17, 15) is 19.2 Å². The van der Waals surface area contributed by atoms with Crippen molar-refractivity contribution < 1.29 is 38.1 Å². The molecule has 0 atom stereocenters. The molecule has 0 unspecified atom stereocenters. The first kappa shape index (κ1) is 24.2. The van der Waals surface area contributed by atoms with Crippen LogP contribution < -0.4 is 9.47 Å². The van der Waals surface area contributed by atoms with Gasteiger partial charge < -0.3 is 18.9 Å². The molecule has 34 heavy (non-hydrogen) atoms. The molecule has 3 aromatic rings. The highest BCUT2D eigenvalue weighted by molar-refractivity contribution is 5.93. The van der Waals surface area contributed by atoms with E-state index in [0.29, 0.717) is 22.6 Å². The zero-order chi connectivity index (χ0) is 24.2. The molecule has 0 aliphatic rings. The van der Waals surface area contributed by atoms with E-state index < -0.39 is 11.9 Å². The summed E-state index contributed by atoms with van der Waals surface area (Å²) in [6.45, 7) is 0.381. The zero-order valence-corrected chi connectivity index (χ0v) is 18.2. The van der Waals surface area contributed by atoms with Crippen LogP contribution in [0.5, 0.6) is 11.5 Å². The van der Waals surface area contributed by atoms with Crippen LogP contribution >= 0.6 is 0 Å². The summed E-state index contributed by atoms with van der Waals surface area (Å²) in [7, 11) is 0. The lowest BCUT2D eigenvalue weighted by Crippen LogP contribution is -2.14. The lowest BCUT2D eigenvalue weighted by Gasteiger charge is -2.09. The molecule has 0 aliphatic carbocycles. The Morgan fingerprint density at radius 1 is 0.529 bits per heavy atom. The number of aldehydes is 2. The number of ether oxygens (including phenoxy) is 4. The Hall–Kier alpha value is -4.46. The number of rotatable bonds is 12. The molecule has 0 spiro atoms. The Bertz CT molecular complexity index is 1010. The Labute approximate surface area is 196 Å². The Balaban J connectivity index is 1.36. The van der Waals surface area contributed by atoms with Crippen molar-refractivity contribution in [2.24, 2.45) is 0 Å². The molecule has 8 heteroatoms. The molecule has 174 valence electrons. The van der Waals surface area contributed by atoms with Gasteiger partial charge in [-0.25, -0.2) is 9.59 Å². The van der Waals surface area contributed by atoms with Crippen LogP contribution in [-0.4, -0.2) is 50.9 Å². The maximum atomic E-state index is 12.1. The third-order valence-electron chi connectivity index (χ3n) is 4.56. The highest BCUT2D eigenvalue weighted by Crippen LogP contribution is 2.12. The van der Waals surface area contributed by atoms with Crippen molar-refractivity contribution in [2.75, 3.05) is 26.4 Å². The summed E-state index contributed by atoms with van der Waals surface area (Å²) in [6.07, 6.45) is 1.48. The predicted molar refractivity (Wildman–Crippen MR) is 122 cm³/mol. The molecular formula is C26H22O8. The van der Waals surface area contributed by atoms with Crippen LogP contribution in [-0.2, 0) is 9.47 Å². The van der Waals surface area contributed by atoms with E-state index >= 15 is 0 Å². The third kappa shape index (κ3) is 7.30. The molecule has 0 aromatic heterocycles. The van der Waals surface area contributed by atoms with Gasteiger partial charge in [-0.1, -0.05) is 0 Å². The first-order valence-electron chi connectivity index (χ1n) is 10.4. The molecule has 0 amide bonds. The van der Waals surface area contributed by atoms with Crippen molar-refractivity contribution in [1.82, 2.24) is 0 Å². The van der Waals surface area contributed by atoms with Crippen LogP contribution in [0.4, 0.5) is 0 Å². The van der Waals surface area contributed by atoms with Gasteiger partial charge in [-0.3, -0.25) is 9.59 Å². The standard InChI is InChI=1S/C26H22O8/c27-17-19-1-9-23(10-2-19)31-13-15-33-25(29)21-5-7-22(8-6-21)26(30)34-16-14-32-24-11-3-20(18-28)4-12-24/h1-12,17-18H,13-16H2. The summed E-state index contributed by atoms with van der Waals surface area (Å²) in [5.41, 5.74) is 1.66. The molecule has 8 nitrogen and oxygen atoms in total. The molecular weight excluding hydrogens is 440 g/mol. The van der Waals surface area contributed by atoms with E-state index in [1.54, 1.807) is 48.5 Å². The summed E-state index contributed by atoms with van der Waals surface area (Å²) in [4.78, 5) is 45.5. The minimum atomic E-state index is -0.547. The maximum Gasteiger partial charge on any atom is 0.338 e. The minimum absolute atomic E-state index is 0.0376. The normalized spacial score (nSPS) is 10.1. The first-order chi connectivity index (χ1) is 16.6. The monoisotopic (exact) mass is 462 g/mol. The fourth-order valence-corrected chi connectivity index (χ4v) is 2.78. The van der Waals surface area contributed by atoms with Gasteiger partial charge in [-0.2, -0.15) is 0 Å². The maximum absolute atomic E-state index is 12.1. The molecule has 0 bridgehead atoms. The van der Waals surface area contributed by atoms with Crippen molar-refractivity contribution in [1.29, 1.82) is 0 Å². The van der Waals surface area contributed by atoms with E-state index in [-0.39, 0.29) is 37.6 Å². The Kier molecular flexibility index (Phi) is 8.92. The van der Waals surface area contributed by atoms with Gasteiger partial charge in [-0.05, 0) is 72.8 Å². The second kappa shape index (κ2) is 12.5. The Morgan fingerprint density at radius 2 is 0.882 bits per heavy atom. The van der Waals surface area contributed by atoms with Crippen molar-refractivity contribution in [3.05, 3.63) is 95.1 Å². The lowest BCUT2D eigenvalue weighted by atomic mass is 10.1. The highest BCUT2D eigenvalue weighted by atomic mass is 16.6. The first-order valence-corrected chi connectivity index (χ1v) is 10.4. The number of esters is 2. The number of hydrogen-bond acceptors (Lipinski definition) is 8. The summed E-state index contributed by atoms with van der Waals surface area (Å²) >= 11 is 0. The lowest BCUT2D eigenvalue weighted by molar-refractivity contribution is 0.0437. The predicted octanol–water partition coefficient (Wildman–Crippen LogP) is 3.78. The van der Waals surface area contributed by atoms with Crippen molar-refractivity contribution in [3.8, 4) is 11.5 Å². The van der Waals surface area contributed by atoms with Crippen LogP contribution in [0.3, 0.4) is 0 Å². The van der Waals surface area contributed by atoms with Gasteiger partial charge in [0.1, 0.15) is 50.5 Å². The fraction of sp³-hybridized carbons (Fsp3) is 0.154. The fourth-order valence-electron chi connectivity index (χ4n) is 2.78. The van der Waals surface area contributed by atoms with Gasteiger partial charge in [-0.15, -0.1) is 0 Å². The van der Waals surface area contributed by atoms with Crippen LogP contribution in [0.25, 0.3) is 0 Å². The highest BCUT2D eigenvalue weighted by Gasteiger charge is 2.11. The van der Waals surface area contributed by atoms with Gasteiger partial charge >= 0.3 is 11.9 Å². The van der Waals surface area contributed by atoms with Gasteiger partial charge in [0.15, 0.2) is 0 Å². The van der Waals surface area contributed by atoms with Crippen LogP contribution in [0.1, 0.15) is 41.4 Å². The van der Waals surface area contributed by atoms with Crippen molar-refractivity contribution >= 4 is 24.5 Å². The average Bonchev–Trinajstić information content (AvgIpc) is 2.89. The third-order valence-corrected chi connectivity index (χ3v) is 4.56. The summed E-state index contributed by atoms with van der Waals surface area (Å²) < 4.78 is 21.2. The van der Waals surface area contributed by atoms with E-state index in [2.05, 4.69) is 0 Å². The molecule has 3 rings (SSSR count). The zero-order valence-electron chi connectivity index (χ0n) is 18.2. The molecule has 0 radical (unpaired) electrons. The quantitative estimate of drug-likeness (QED) is 0.227. The number of carbonyl (C=O) groups is 4. The minimum Gasteiger partial charge on any atom is -0.490 e. The molecule has 0 saturated heterocycles. The van der Waals surface area contributed by atoms with E-state index in [1.165, 1.54) is 24.3 Å². The number of hydrogen-bond donors (Lipinski definition) is 0. The largest absolute Gasteiger partial charge is 0.490 e. The van der Waals surface area contributed by atoms with Gasteiger partial charge in [0.25, 0.3) is 0 Å². The van der Waals surface area contributed by atoms with Crippen LogP contribution in [0.15, 0.2) is 72.8 Å². The molecule has 0 saturated carbocycles. The van der Waals surface area contributed by atoms with E-state index in [0.717, 1.165) is 12.6 Å². The van der Waals surface area contributed by atoms with Crippen LogP contribution in [0.2, 0.25) is 0 Å². The van der Waals surface area contributed by atoms with Crippen molar-refractivity contribution in [3.63, 3.8) is 0 Å². The van der Waals surface area contributed by atoms with Crippen LogP contribution in [0, 0.1) is 0 Å². The van der Waals surface area contributed by atoms with Gasteiger partial charge in [0, 0.05) is 11.1 Å². The molecule has 3 aromatic carbocycles. The van der Waals surface area contributed by atoms with E-state index in [4.69, 9.17) is 18.9 Å². The topological polar surface area (TPSA) is 105 Å². The second-order valence-electron chi connectivity index (χ2n) is 6.92. The molecule has 0 N–H and O–H groups in total. The molecule has 0 aliphatic heterocycles. The number of carbonyl (C=O) groups excluding carboxylic acids is 4. The summed E-state index contributed by atoms with van der Waals surface area (Å²) in [5, 5.41) is 0. The van der Waals surface area contributed by atoms with Gasteiger partial charge in [0.05, 0.1) is 11.1 Å².